The van der Waals surface area contributed by atoms with E-state index in [9.17, 15) is 18.0 Å². The van der Waals surface area contributed by atoms with Gasteiger partial charge in [-0.05, 0) is 79.8 Å². The van der Waals surface area contributed by atoms with E-state index in [0.717, 1.165) is 52.2 Å². The van der Waals surface area contributed by atoms with Gasteiger partial charge in [-0.2, -0.15) is 0 Å². The molecule has 0 spiro atoms. The summed E-state index contributed by atoms with van der Waals surface area (Å²) in [5, 5.41) is 4.10. The van der Waals surface area contributed by atoms with Crippen LogP contribution in [0.1, 0.15) is 47.9 Å². The second kappa shape index (κ2) is 15.4. The number of rotatable bonds is 12. The van der Waals surface area contributed by atoms with Gasteiger partial charge in [-0.25, -0.2) is 8.42 Å². The monoisotopic (exact) mass is 691 g/mol. The fourth-order valence-electron chi connectivity index (χ4n) is 5.81. The van der Waals surface area contributed by atoms with Crippen molar-refractivity contribution in [1.82, 2.24) is 10.2 Å². The number of aryl methyl sites for hydroxylation is 2. The normalized spacial score (nSPS) is 14.0. The van der Waals surface area contributed by atoms with E-state index in [4.69, 9.17) is 23.2 Å². The molecular formula is C37H39Cl2N3O4S. The molecule has 246 valence electrons. The lowest BCUT2D eigenvalue weighted by Crippen LogP contribution is -2.54. The Bertz CT molecular complexity index is 1790. The Kier molecular flexibility index (Phi) is 11.3. The standard InChI is InChI=1S/C37H39Cl2N3O4S/c1-26-12-20-33(21-13-26)47(45,46)42(32-19-14-27(2)34(39)23-32)25-36(43)41(24-29-15-17-30(38)18-16-29)35(22-28-8-4-3-5-9-28)37(44)40-31-10-6-7-11-31/h3-5,8-9,12-21,23,31,35H,6-7,10-11,22,24-25H2,1-2H3,(H,40,44)/t35-/m1/s1. The topological polar surface area (TPSA) is 86.8 Å². The quantitative estimate of drug-likeness (QED) is 0.167. The zero-order valence-corrected chi connectivity index (χ0v) is 28.9. The highest BCUT2D eigenvalue weighted by molar-refractivity contribution is 7.92. The molecule has 0 bridgehead atoms. The van der Waals surface area contributed by atoms with E-state index in [0.29, 0.717) is 10.0 Å². The van der Waals surface area contributed by atoms with Crippen molar-refractivity contribution < 1.29 is 18.0 Å². The maximum absolute atomic E-state index is 14.6. The molecule has 0 heterocycles. The van der Waals surface area contributed by atoms with Crippen LogP contribution in [0.3, 0.4) is 0 Å². The van der Waals surface area contributed by atoms with Crippen molar-refractivity contribution in [3.05, 3.63) is 129 Å². The van der Waals surface area contributed by atoms with Gasteiger partial charge in [0.25, 0.3) is 10.0 Å². The van der Waals surface area contributed by atoms with Gasteiger partial charge in [0.15, 0.2) is 0 Å². The number of benzene rings is 4. The zero-order chi connectivity index (χ0) is 33.6. The van der Waals surface area contributed by atoms with Gasteiger partial charge >= 0.3 is 0 Å². The Morgan fingerprint density at radius 2 is 1.51 bits per heavy atom. The van der Waals surface area contributed by atoms with Crippen molar-refractivity contribution in [1.29, 1.82) is 0 Å². The van der Waals surface area contributed by atoms with Crippen molar-refractivity contribution >= 4 is 50.7 Å². The third-order valence-corrected chi connectivity index (χ3v) is 11.0. The largest absolute Gasteiger partial charge is 0.352 e. The predicted octanol–water partition coefficient (Wildman–Crippen LogP) is 7.50. The Morgan fingerprint density at radius 3 is 2.15 bits per heavy atom. The first-order valence-corrected chi connectivity index (χ1v) is 17.9. The van der Waals surface area contributed by atoms with Crippen LogP contribution in [0.5, 0.6) is 0 Å². The lowest BCUT2D eigenvalue weighted by Gasteiger charge is -2.34. The molecule has 4 aromatic rings. The molecule has 1 aliphatic carbocycles. The summed E-state index contributed by atoms with van der Waals surface area (Å²) in [4.78, 5) is 30.3. The van der Waals surface area contributed by atoms with Crippen LogP contribution in [-0.2, 0) is 32.6 Å². The van der Waals surface area contributed by atoms with Crippen LogP contribution in [0, 0.1) is 13.8 Å². The Hall–Kier alpha value is -3.85. The van der Waals surface area contributed by atoms with Crippen LogP contribution in [0.25, 0.3) is 0 Å². The number of hydrogen-bond donors (Lipinski definition) is 1. The first kappa shape index (κ1) is 34.5. The molecule has 0 unspecified atom stereocenters. The van der Waals surface area contributed by atoms with Crippen molar-refractivity contribution in [2.45, 2.75) is 69.5 Å². The molecule has 2 amide bonds. The van der Waals surface area contributed by atoms with Gasteiger partial charge < -0.3 is 10.2 Å². The van der Waals surface area contributed by atoms with E-state index < -0.39 is 28.5 Å². The maximum atomic E-state index is 14.6. The summed E-state index contributed by atoms with van der Waals surface area (Å²) in [6, 6.07) is 27.1. The van der Waals surface area contributed by atoms with Gasteiger partial charge in [0, 0.05) is 29.1 Å². The molecule has 5 rings (SSSR count). The van der Waals surface area contributed by atoms with Crippen LogP contribution in [0.2, 0.25) is 10.0 Å². The van der Waals surface area contributed by atoms with Crippen molar-refractivity contribution in [3.63, 3.8) is 0 Å². The molecule has 0 aromatic heterocycles. The molecule has 47 heavy (non-hydrogen) atoms. The van der Waals surface area contributed by atoms with Crippen LogP contribution < -0.4 is 9.62 Å². The van der Waals surface area contributed by atoms with E-state index >= 15 is 0 Å². The molecule has 0 radical (unpaired) electrons. The van der Waals surface area contributed by atoms with Gasteiger partial charge in [0.05, 0.1) is 10.6 Å². The van der Waals surface area contributed by atoms with Gasteiger partial charge in [-0.15, -0.1) is 0 Å². The van der Waals surface area contributed by atoms with E-state index in [1.165, 1.54) is 17.0 Å². The predicted molar refractivity (Wildman–Crippen MR) is 188 cm³/mol. The number of amides is 2. The van der Waals surface area contributed by atoms with Gasteiger partial charge in [0.1, 0.15) is 12.6 Å². The second-order valence-electron chi connectivity index (χ2n) is 12.1. The molecule has 1 aliphatic rings. The van der Waals surface area contributed by atoms with E-state index in [1.54, 1.807) is 54.6 Å². The molecule has 1 fully saturated rings. The molecule has 4 aromatic carbocycles. The highest BCUT2D eigenvalue weighted by Gasteiger charge is 2.35. The lowest BCUT2D eigenvalue weighted by molar-refractivity contribution is -0.140. The molecule has 0 saturated heterocycles. The summed E-state index contributed by atoms with van der Waals surface area (Å²) in [5.74, 6) is -0.802. The van der Waals surface area contributed by atoms with Crippen molar-refractivity contribution in [2.75, 3.05) is 10.8 Å². The number of sulfonamides is 1. The number of nitrogens with one attached hydrogen (secondary N) is 1. The first-order valence-electron chi connectivity index (χ1n) is 15.7. The average molecular weight is 693 g/mol. The van der Waals surface area contributed by atoms with E-state index in [-0.39, 0.29) is 35.5 Å². The fourth-order valence-corrected chi connectivity index (χ4v) is 7.52. The first-order chi connectivity index (χ1) is 22.5. The Labute approximate surface area is 287 Å². The van der Waals surface area contributed by atoms with Gasteiger partial charge in [-0.1, -0.05) is 102 Å². The Balaban J connectivity index is 1.57. The minimum Gasteiger partial charge on any atom is -0.352 e. The van der Waals surface area contributed by atoms with E-state index in [2.05, 4.69) is 5.32 Å². The summed E-state index contributed by atoms with van der Waals surface area (Å²) >= 11 is 12.7. The van der Waals surface area contributed by atoms with Crippen LogP contribution in [0.4, 0.5) is 5.69 Å². The number of halogens is 2. The second-order valence-corrected chi connectivity index (χ2v) is 14.8. The maximum Gasteiger partial charge on any atom is 0.264 e. The van der Waals surface area contributed by atoms with Crippen molar-refractivity contribution in [3.8, 4) is 0 Å². The number of anilines is 1. The summed E-state index contributed by atoms with van der Waals surface area (Å²) in [7, 11) is -4.22. The Morgan fingerprint density at radius 1 is 0.851 bits per heavy atom. The lowest BCUT2D eigenvalue weighted by atomic mass is 10.0. The number of hydrogen-bond acceptors (Lipinski definition) is 4. The minimum absolute atomic E-state index is 0.0290. The summed E-state index contributed by atoms with van der Waals surface area (Å²) in [6.07, 6.45) is 4.08. The fraction of sp³-hybridized carbons (Fsp3) is 0.297. The molecule has 1 saturated carbocycles. The van der Waals surface area contributed by atoms with Gasteiger partial charge in [-0.3, -0.25) is 13.9 Å². The number of nitrogens with zero attached hydrogens (tertiary/aromatic N) is 2. The summed E-state index contributed by atoms with van der Waals surface area (Å²) in [6.45, 7) is 3.21. The smallest absolute Gasteiger partial charge is 0.264 e. The molecular weight excluding hydrogens is 653 g/mol. The molecule has 1 atom stereocenters. The average Bonchev–Trinajstić information content (AvgIpc) is 3.57. The SMILES string of the molecule is Cc1ccc(S(=O)(=O)N(CC(=O)N(Cc2ccc(Cl)cc2)[C@H](Cc2ccccc2)C(=O)NC2CCCC2)c2ccc(C)c(Cl)c2)cc1. The van der Waals surface area contributed by atoms with Gasteiger partial charge in [0.2, 0.25) is 11.8 Å². The summed E-state index contributed by atoms with van der Waals surface area (Å²) < 4.78 is 29.6. The van der Waals surface area contributed by atoms with Crippen LogP contribution >= 0.6 is 23.2 Å². The molecule has 10 heteroatoms. The van der Waals surface area contributed by atoms with E-state index in [1.807, 2.05) is 44.2 Å². The minimum atomic E-state index is -4.22. The number of carbonyl (C=O) groups is 2. The third kappa shape index (κ3) is 8.74. The zero-order valence-electron chi connectivity index (χ0n) is 26.5. The summed E-state index contributed by atoms with van der Waals surface area (Å²) in [5.41, 5.74) is 3.54. The molecule has 1 N–H and O–H groups in total. The van der Waals surface area contributed by atoms with Crippen molar-refractivity contribution in [2.24, 2.45) is 0 Å². The highest BCUT2D eigenvalue weighted by Crippen LogP contribution is 2.29. The third-order valence-electron chi connectivity index (χ3n) is 8.57. The molecule has 0 aliphatic heterocycles. The van der Waals surface area contributed by atoms with Crippen LogP contribution in [-0.4, -0.2) is 43.8 Å². The number of carbonyl (C=O) groups excluding carboxylic acids is 2. The molecule has 7 nitrogen and oxygen atoms in total. The highest BCUT2D eigenvalue weighted by atomic mass is 35.5. The van der Waals surface area contributed by atoms with Crippen LogP contribution in [0.15, 0.2) is 102 Å².